The fraction of sp³-hybridized carbons (Fsp3) is 0.455. The van der Waals surface area contributed by atoms with E-state index in [4.69, 9.17) is 0 Å². The Morgan fingerprint density at radius 3 is 1.68 bits per heavy atom. The summed E-state index contributed by atoms with van der Waals surface area (Å²) in [6.07, 6.45) is 5.34. The maximum absolute atomic E-state index is 14.5. The fourth-order valence-corrected chi connectivity index (χ4v) is 9.05. The molecule has 0 aromatic heterocycles. The maximum Gasteiger partial charge on any atom is 0.266 e. The molecule has 0 aliphatic carbocycles. The molecule has 2 aliphatic heterocycles. The quantitative estimate of drug-likeness (QED) is 0.268. The van der Waals surface area contributed by atoms with E-state index in [1.807, 2.05) is 25.1 Å². The Bertz CT molecular complexity index is 1610. The molecule has 0 radical (unpaired) electrons. The van der Waals surface area contributed by atoms with Crippen LogP contribution in [0.3, 0.4) is 0 Å². The van der Waals surface area contributed by atoms with Gasteiger partial charge in [-0.1, -0.05) is 36.4 Å². The Morgan fingerprint density at radius 2 is 1.16 bits per heavy atom. The topological polar surface area (TPSA) is 84.5 Å². The lowest BCUT2D eigenvalue weighted by molar-refractivity contribution is 0.345. The van der Waals surface area contributed by atoms with Crippen molar-refractivity contribution in [3.63, 3.8) is 0 Å². The highest BCUT2D eigenvalue weighted by Crippen LogP contribution is 2.40. The van der Waals surface area contributed by atoms with Crippen LogP contribution in [0, 0.1) is 0 Å². The molecule has 2 aliphatic rings. The lowest BCUT2D eigenvalue weighted by Gasteiger charge is -2.35. The Balaban J connectivity index is 1.71. The van der Waals surface area contributed by atoms with Gasteiger partial charge in [0.15, 0.2) is 0 Å². The monoisotopic (exact) mass is 639 g/mol. The maximum atomic E-state index is 14.5. The summed E-state index contributed by atoms with van der Waals surface area (Å²) in [5.74, 6) is 0. The van der Waals surface area contributed by atoms with Gasteiger partial charge in [-0.3, -0.25) is 8.61 Å². The second-order valence-corrected chi connectivity index (χ2v) is 15.5. The molecule has 44 heavy (non-hydrogen) atoms. The summed E-state index contributed by atoms with van der Waals surface area (Å²) >= 11 is 0. The third-order valence-electron chi connectivity index (χ3n) is 8.86. The van der Waals surface area contributed by atoms with Gasteiger partial charge in [0, 0.05) is 46.8 Å². The van der Waals surface area contributed by atoms with Crippen molar-refractivity contribution in [2.45, 2.75) is 48.8 Å². The number of benzene rings is 3. The predicted molar refractivity (Wildman–Crippen MR) is 180 cm³/mol. The molecule has 5 rings (SSSR count). The van der Waals surface area contributed by atoms with Gasteiger partial charge >= 0.3 is 0 Å². The number of likely N-dealkylation sites (N-methyl/N-ethyl adjacent to an activating group) is 1. The smallest absolute Gasteiger partial charge is 0.266 e. The number of nitrogens with zero attached hydrogens (tertiary/aromatic N) is 5. The number of likely N-dealkylation sites (tertiary alicyclic amines) is 1. The number of sulfonamides is 2. The van der Waals surface area contributed by atoms with Gasteiger partial charge in [-0.2, -0.15) is 0 Å². The van der Waals surface area contributed by atoms with Crippen molar-refractivity contribution in [1.82, 2.24) is 4.90 Å². The molecule has 2 fully saturated rings. The molecule has 2 saturated heterocycles. The summed E-state index contributed by atoms with van der Waals surface area (Å²) < 4.78 is 60.4. The molecule has 0 bridgehead atoms. The Morgan fingerprint density at radius 1 is 0.659 bits per heavy atom. The minimum Gasteiger partial charge on any atom is -0.370 e. The first-order valence-electron chi connectivity index (χ1n) is 15.6. The number of hydrogen-bond donors (Lipinski definition) is 0. The first-order chi connectivity index (χ1) is 21.1. The van der Waals surface area contributed by atoms with Crippen LogP contribution >= 0.6 is 0 Å². The Hall–Kier alpha value is -3.28. The molecule has 0 spiro atoms. The number of para-hydroxylation sites is 2. The van der Waals surface area contributed by atoms with Gasteiger partial charge in [-0.05, 0) is 88.5 Å². The normalized spacial score (nSPS) is 16.2. The second-order valence-electron chi connectivity index (χ2n) is 11.6. The summed E-state index contributed by atoms with van der Waals surface area (Å²) in [4.78, 5) is 6.61. The van der Waals surface area contributed by atoms with Gasteiger partial charge in [0.25, 0.3) is 20.0 Å². The molecule has 0 N–H and O–H groups in total. The molecular weight excluding hydrogens is 595 g/mol. The molecule has 238 valence electrons. The zero-order valence-corrected chi connectivity index (χ0v) is 27.7. The van der Waals surface area contributed by atoms with Gasteiger partial charge in [-0.25, -0.2) is 16.8 Å². The molecule has 0 atom stereocenters. The van der Waals surface area contributed by atoms with Crippen LogP contribution in [-0.2, 0) is 20.0 Å². The highest BCUT2D eigenvalue weighted by molar-refractivity contribution is 7.93. The molecule has 0 amide bonds. The van der Waals surface area contributed by atoms with Gasteiger partial charge in [0.2, 0.25) is 0 Å². The summed E-state index contributed by atoms with van der Waals surface area (Å²) in [6.45, 7) is 7.58. The average molecular weight is 640 g/mol. The SMILES string of the molecule is CCN(CCN1CCCC1)c1cc(N2CCCCC2)c(S(=O)(=O)N(C)c2ccccc2)cc1S(=O)(=O)N(C)c1ccccc1. The van der Waals surface area contributed by atoms with Crippen LogP contribution in [0.5, 0.6) is 0 Å². The number of anilines is 4. The lowest BCUT2D eigenvalue weighted by Crippen LogP contribution is -2.37. The molecule has 11 heteroatoms. The average Bonchev–Trinajstić information content (AvgIpc) is 3.59. The van der Waals surface area contributed by atoms with E-state index in [9.17, 15) is 16.8 Å². The summed E-state index contributed by atoms with van der Waals surface area (Å²) in [7, 11) is -5.25. The van der Waals surface area contributed by atoms with Gasteiger partial charge in [0.1, 0.15) is 9.79 Å². The molecule has 2 heterocycles. The summed E-state index contributed by atoms with van der Waals surface area (Å²) in [5.41, 5.74) is 2.11. The molecule has 0 saturated carbocycles. The third-order valence-corrected chi connectivity index (χ3v) is 12.5. The zero-order chi connectivity index (χ0) is 31.3. The van der Waals surface area contributed by atoms with Crippen molar-refractivity contribution in [3.05, 3.63) is 72.8 Å². The van der Waals surface area contributed by atoms with E-state index in [1.54, 1.807) is 48.5 Å². The van der Waals surface area contributed by atoms with Crippen LogP contribution in [0.1, 0.15) is 39.0 Å². The fourth-order valence-electron chi connectivity index (χ4n) is 6.15. The molecule has 9 nitrogen and oxygen atoms in total. The van der Waals surface area contributed by atoms with E-state index in [-0.39, 0.29) is 9.79 Å². The van der Waals surface area contributed by atoms with Gasteiger partial charge in [0.05, 0.1) is 22.7 Å². The third kappa shape index (κ3) is 6.69. The van der Waals surface area contributed by atoms with E-state index in [2.05, 4.69) is 14.7 Å². The van der Waals surface area contributed by atoms with E-state index in [0.717, 1.165) is 38.9 Å². The standard InChI is InChI=1S/C33H45N5O4S2/c1-4-37(25-24-36-20-14-15-21-36)30-26-31(38-22-12-7-13-23-38)33(44(41,42)35(3)29-18-10-6-11-19-29)27-32(30)43(39,40)34(2)28-16-8-5-9-17-28/h5-6,8-11,16-19,26-27H,4,7,12-15,20-25H2,1-3H3. The second kappa shape index (κ2) is 13.8. The largest absolute Gasteiger partial charge is 0.370 e. The first-order valence-corrected chi connectivity index (χ1v) is 18.5. The van der Waals surface area contributed by atoms with E-state index < -0.39 is 20.0 Å². The predicted octanol–water partition coefficient (Wildman–Crippen LogP) is 5.25. The van der Waals surface area contributed by atoms with Crippen molar-refractivity contribution in [3.8, 4) is 0 Å². The van der Waals surface area contributed by atoms with Crippen LogP contribution in [-0.4, -0.2) is 81.6 Å². The number of rotatable bonds is 12. The van der Waals surface area contributed by atoms with E-state index in [1.165, 1.54) is 41.6 Å². The highest BCUT2D eigenvalue weighted by Gasteiger charge is 2.35. The number of piperidine rings is 1. The molecule has 3 aromatic rings. The number of hydrogen-bond acceptors (Lipinski definition) is 7. The minimum absolute atomic E-state index is 0.00476. The zero-order valence-electron chi connectivity index (χ0n) is 26.1. The van der Waals surface area contributed by atoms with Crippen LogP contribution in [0.25, 0.3) is 0 Å². The molecule has 3 aromatic carbocycles. The van der Waals surface area contributed by atoms with E-state index in [0.29, 0.717) is 48.9 Å². The van der Waals surface area contributed by atoms with Crippen molar-refractivity contribution >= 4 is 42.8 Å². The van der Waals surface area contributed by atoms with Crippen molar-refractivity contribution < 1.29 is 16.8 Å². The van der Waals surface area contributed by atoms with Crippen molar-refractivity contribution in [2.24, 2.45) is 0 Å². The molecular formula is C33H45N5O4S2. The van der Waals surface area contributed by atoms with Crippen LogP contribution < -0.4 is 18.4 Å². The summed E-state index contributed by atoms with van der Waals surface area (Å²) in [6, 6.07) is 21.1. The lowest BCUT2D eigenvalue weighted by atomic mass is 10.1. The van der Waals surface area contributed by atoms with Gasteiger partial charge in [-0.15, -0.1) is 0 Å². The highest BCUT2D eigenvalue weighted by atomic mass is 32.2. The van der Waals surface area contributed by atoms with Crippen LogP contribution in [0.15, 0.2) is 82.6 Å². The summed E-state index contributed by atoms with van der Waals surface area (Å²) in [5, 5.41) is 0. The van der Waals surface area contributed by atoms with Crippen LogP contribution in [0.2, 0.25) is 0 Å². The van der Waals surface area contributed by atoms with E-state index >= 15 is 0 Å². The van der Waals surface area contributed by atoms with Gasteiger partial charge < -0.3 is 14.7 Å². The van der Waals surface area contributed by atoms with Crippen LogP contribution in [0.4, 0.5) is 22.7 Å². The molecule has 0 unspecified atom stereocenters. The Labute approximate surface area is 263 Å². The minimum atomic E-state index is -4.16. The van der Waals surface area contributed by atoms with Crippen molar-refractivity contribution in [1.29, 1.82) is 0 Å². The van der Waals surface area contributed by atoms with Crippen molar-refractivity contribution in [2.75, 3.05) is 78.3 Å². The Kier molecular flexibility index (Phi) is 10.1. The first kappa shape index (κ1) is 32.1.